The maximum Gasteiger partial charge on any atom is 0.275 e. The van der Waals surface area contributed by atoms with Gasteiger partial charge in [-0.05, 0) is 50.7 Å². The monoisotopic (exact) mass is 341 g/mol. The minimum atomic E-state index is -0.203. The predicted molar refractivity (Wildman–Crippen MR) is 99.8 cm³/mol. The Balaban J connectivity index is 1.90. The second-order valence-electron chi connectivity index (χ2n) is 7.60. The average molecular weight is 341 g/mol. The number of carbonyl (C=O) groups excluding carboxylic acids is 1. The van der Waals surface area contributed by atoms with Crippen LogP contribution in [0, 0.1) is 12.8 Å². The van der Waals surface area contributed by atoms with E-state index in [0.717, 1.165) is 16.6 Å². The molecule has 1 atom stereocenters. The number of benzene rings is 1. The number of nitrogens with one attached hydrogen (secondary N) is 1. The number of hydrogen-bond donors (Lipinski definition) is 1. The Kier molecular flexibility index (Phi) is 4.93. The quantitative estimate of drug-likeness (QED) is 0.909. The van der Waals surface area contributed by atoms with Gasteiger partial charge in [-0.1, -0.05) is 31.9 Å². The fourth-order valence-electron chi connectivity index (χ4n) is 3.45. The van der Waals surface area contributed by atoms with Gasteiger partial charge in [-0.3, -0.25) is 9.59 Å². The highest BCUT2D eigenvalue weighted by molar-refractivity contribution is 5.85. The third-order valence-electron chi connectivity index (χ3n) is 5.23. The zero-order valence-corrected chi connectivity index (χ0v) is 15.5. The molecule has 1 aliphatic rings. The van der Waals surface area contributed by atoms with E-state index in [-0.39, 0.29) is 30.0 Å². The van der Waals surface area contributed by atoms with Gasteiger partial charge in [-0.2, -0.15) is 5.10 Å². The van der Waals surface area contributed by atoms with Gasteiger partial charge < -0.3 is 5.32 Å². The molecule has 1 N–H and O–H groups in total. The molecule has 0 bridgehead atoms. The lowest BCUT2D eigenvalue weighted by molar-refractivity contribution is -0.123. The molecular formula is C20H27N3O2. The van der Waals surface area contributed by atoms with Gasteiger partial charge in [0.2, 0.25) is 5.91 Å². The molecular weight excluding hydrogens is 314 g/mol. The molecule has 1 heterocycles. The molecule has 1 saturated carbocycles. The van der Waals surface area contributed by atoms with Crippen LogP contribution in [0.3, 0.4) is 0 Å². The number of rotatable bonds is 5. The number of hydrogen-bond acceptors (Lipinski definition) is 3. The number of fused-ring (bicyclic) bond motifs is 1. The van der Waals surface area contributed by atoms with Crippen LogP contribution < -0.4 is 10.9 Å². The molecule has 1 aromatic carbocycles. The molecule has 2 aromatic rings. The van der Waals surface area contributed by atoms with Crippen LogP contribution >= 0.6 is 0 Å². The lowest BCUT2D eigenvalue weighted by Gasteiger charge is -2.31. The van der Waals surface area contributed by atoms with Gasteiger partial charge in [-0.15, -0.1) is 0 Å². The summed E-state index contributed by atoms with van der Waals surface area (Å²) < 4.78 is 1.32. The van der Waals surface area contributed by atoms with Crippen LogP contribution in [0.25, 0.3) is 10.8 Å². The highest BCUT2D eigenvalue weighted by Gasteiger charge is 2.25. The first kappa shape index (κ1) is 17.6. The fraction of sp³-hybridized carbons (Fsp3) is 0.550. The Morgan fingerprint density at radius 1 is 1.28 bits per heavy atom. The largest absolute Gasteiger partial charge is 0.352 e. The lowest BCUT2D eigenvalue weighted by atomic mass is 9.80. The Hall–Kier alpha value is -2.17. The van der Waals surface area contributed by atoms with Gasteiger partial charge in [0, 0.05) is 11.4 Å². The third kappa shape index (κ3) is 3.60. The molecule has 134 valence electrons. The van der Waals surface area contributed by atoms with Crippen LogP contribution in [0.1, 0.15) is 57.2 Å². The van der Waals surface area contributed by atoms with E-state index in [1.165, 1.54) is 23.9 Å². The van der Waals surface area contributed by atoms with Crippen molar-refractivity contribution in [3.63, 3.8) is 0 Å². The molecule has 0 unspecified atom stereocenters. The van der Waals surface area contributed by atoms with Crippen molar-refractivity contribution in [1.82, 2.24) is 15.1 Å². The summed E-state index contributed by atoms with van der Waals surface area (Å²) in [6.45, 7) is 8.12. The molecule has 1 aromatic heterocycles. The topological polar surface area (TPSA) is 64.0 Å². The minimum Gasteiger partial charge on any atom is -0.352 e. The normalized spacial score (nSPS) is 16.0. The van der Waals surface area contributed by atoms with Gasteiger partial charge in [-0.25, -0.2) is 4.68 Å². The van der Waals surface area contributed by atoms with E-state index >= 15 is 0 Å². The van der Waals surface area contributed by atoms with Gasteiger partial charge in [0.1, 0.15) is 6.54 Å². The maximum absolute atomic E-state index is 12.8. The van der Waals surface area contributed by atoms with Crippen LogP contribution in [-0.2, 0) is 11.3 Å². The molecule has 0 radical (unpaired) electrons. The SMILES string of the molecule is Cc1ccc2c(=O)n(CC(=O)N[C@@H](C)C3CCC3)nc(C(C)C)c2c1. The Labute approximate surface area is 148 Å². The van der Waals surface area contributed by atoms with Crippen LogP contribution in [0.4, 0.5) is 0 Å². The molecule has 3 rings (SSSR count). The number of carbonyl (C=O) groups is 1. The molecule has 1 aliphatic carbocycles. The molecule has 5 nitrogen and oxygen atoms in total. The first-order valence-corrected chi connectivity index (χ1v) is 9.17. The summed E-state index contributed by atoms with van der Waals surface area (Å²) in [5, 5.41) is 9.05. The van der Waals surface area contributed by atoms with Gasteiger partial charge >= 0.3 is 0 Å². The second-order valence-corrected chi connectivity index (χ2v) is 7.60. The number of nitrogens with zero attached hydrogens (tertiary/aromatic N) is 2. The van der Waals surface area contributed by atoms with Crippen molar-refractivity contribution in [3.05, 3.63) is 39.8 Å². The standard InChI is InChI=1S/C20H27N3O2/c1-12(2)19-17-10-13(3)8-9-16(17)20(25)23(22-19)11-18(24)21-14(4)15-6-5-7-15/h8-10,12,14-15H,5-7,11H2,1-4H3,(H,21,24)/t14-/m0/s1. The summed E-state index contributed by atoms with van der Waals surface area (Å²) in [6, 6.07) is 5.93. The zero-order valence-electron chi connectivity index (χ0n) is 15.5. The van der Waals surface area contributed by atoms with Gasteiger partial charge in [0.05, 0.1) is 11.1 Å². The van der Waals surface area contributed by atoms with Gasteiger partial charge in [0.15, 0.2) is 0 Å². The Morgan fingerprint density at radius 2 is 2.00 bits per heavy atom. The van der Waals surface area contributed by atoms with Gasteiger partial charge in [0.25, 0.3) is 5.56 Å². The van der Waals surface area contributed by atoms with Crippen molar-refractivity contribution < 1.29 is 4.79 Å². The third-order valence-corrected chi connectivity index (χ3v) is 5.23. The van der Waals surface area contributed by atoms with Crippen molar-refractivity contribution in [2.24, 2.45) is 5.92 Å². The second kappa shape index (κ2) is 6.98. The first-order valence-electron chi connectivity index (χ1n) is 9.17. The predicted octanol–water partition coefficient (Wildman–Crippen LogP) is 3.13. The van der Waals surface area contributed by atoms with E-state index < -0.39 is 0 Å². The number of aryl methyl sites for hydroxylation is 1. The van der Waals surface area contributed by atoms with E-state index in [9.17, 15) is 9.59 Å². The summed E-state index contributed by atoms with van der Waals surface area (Å²) in [4.78, 5) is 25.1. The smallest absolute Gasteiger partial charge is 0.275 e. The Bertz CT molecular complexity index is 850. The molecule has 5 heteroatoms. The summed E-state index contributed by atoms with van der Waals surface area (Å²) in [5.41, 5.74) is 1.75. The molecule has 1 amide bonds. The first-order chi connectivity index (χ1) is 11.9. The molecule has 25 heavy (non-hydrogen) atoms. The number of amides is 1. The fourth-order valence-corrected chi connectivity index (χ4v) is 3.45. The highest BCUT2D eigenvalue weighted by atomic mass is 16.2. The van der Waals surface area contributed by atoms with Crippen molar-refractivity contribution in [3.8, 4) is 0 Å². The summed E-state index contributed by atoms with van der Waals surface area (Å²) >= 11 is 0. The van der Waals surface area contributed by atoms with Crippen molar-refractivity contribution in [2.45, 2.75) is 65.5 Å². The number of aromatic nitrogens is 2. The van der Waals surface area contributed by atoms with Crippen molar-refractivity contribution >= 4 is 16.7 Å². The van der Waals surface area contributed by atoms with E-state index in [4.69, 9.17) is 0 Å². The molecule has 1 fully saturated rings. The van der Waals surface area contributed by atoms with E-state index in [0.29, 0.717) is 11.3 Å². The van der Waals surface area contributed by atoms with Crippen LogP contribution in [-0.4, -0.2) is 21.7 Å². The van der Waals surface area contributed by atoms with Crippen molar-refractivity contribution in [2.75, 3.05) is 0 Å². The maximum atomic E-state index is 12.8. The molecule has 0 aliphatic heterocycles. The molecule has 0 saturated heterocycles. The minimum absolute atomic E-state index is 0.0283. The highest BCUT2D eigenvalue weighted by Crippen LogP contribution is 2.29. The van der Waals surface area contributed by atoms with Crippen molar-refractivity contribution in [1.29, 1.82) is 0 Å². The van der Waals surface area contributed by atoms with Crippen LogP contribution in [0.5, 0.6) is 0 Å². The van der Waals surface area contributed by atoms with Crippen LogP contribution in [0.15, 0.2) is 23.0 Å². The summed E-state index contributed by atoms with van der Waals surface area (Å²) in [6.07, 6.45) is 3.59. The lowest BCUT2D eigenvalue weighted by Crippen LogP contribution is -2.43. The summed E-state index contributed by atoms with van der Waals surface area (Å²) in [7, 11) is 0. The van der Waals surface area contributed by atoms with E-state index in [1.54, 1.807) is 0 Å². The summed E-state index contributed by atoms with van der Waals surface area (Å²) in [5.74, 6) is 0.600. The average Bonchev–Trinajstić information content (AvgIpc) is 2.47. The van der Waals surface area contributed by atoms with E-state index in [2.05, 4.69) is 24.3 Å². The molecule has 0 spiro atoms. The zero-order chi connectivity index (χ0) is 18.1. The van der Waals surface area contributed by atoms with E-state index in [1.807, 2.05) is 32.0 Å². The van der Waals surface area contributed by atoms with Crippen LogP contribution in [0.2, 0.25) is 0 Å². The Morgan fingerprint density at radius 3 is 2.60 bits per heavy atom.